The van der Waals surface area contributed by atoms with Gasteiger partial charge in [0.1, 0.15) is 5.75 Å². The van der Waals surface area contributed by atoms with Crippen molar-refractivity contribution in [2.75, 3.05) is 39.3 Å². The van der Waals surface area contributed by atoms with Crippen LogP contribution >= 0.6 is 0 Å². The number of carbonyl (C=O) groups excluding carboxylic acids is 1. The molecule has 0 aliphatic carbocycles. The topological polar surface area (TPSA) is 32.8 Å². The molecule has 0 N–H and O–H groups in total. The summed E-state index contributed by atoms with van der Waals surface area (Å²) in [6, 6.07) is 14.0. The molecule has 2 aromatic rings. The van der Waals surface area contributed by atoms with Crippen molar-refractivity contribution in [1.29, 1.82) is 0 Å². The number of ether oxygens (including phenoxy) is 1. The van der Waals surface area contributed by atoms with Crippen molar-refractivity contribution in [2.24, 2.45) is 5.92 Å². The van der Waals surface area contributed by atoms with Gasteiger partial charge in [0.25, 0.3) is 5.91 Å². The van der Waals surface area contributed by atoms with Gasteiger partial charge in [-0.2, -0.15) is 0 Å². The normalized spacial score (nSPS) is 15.9. The molecular formula is C20H26N2O2. The summed E-state index contributed by atoms with van der Waals surface area (Å²) >= 11 is 0. The third-order valence-corrected chi connectivity index (χ3v) is 4.45. The van der Waals surface area contributed by atoms with Crippen molar-refractivity contribution >= 4 is 16.7 Å². The second-order valence-electron chi connectivity index (χ2n) is 6.84. The quantitative estimate of drug-likeness (QED) is 0.847. The Morgan fingerprint density at radius 1 is 1.04 bits per heavy atom. The molecule has 4 nitrogen and oxygen atoms in total. The van der Waals surface area contributed by atoms with Gasteiger partial charge in [0.05, 0.1) is 0 Å². The predicted molar refractivity (Wildman–Crippen MR) is 97.3 cm³/mol. The van der Waals surface area contributed by atoms with Crippen molar-refractivity contribution in [3.05, 3.63) is 42.5 Å². The summed E-state index contributed by atoms with van der Waals surface area (Å²) in [5.41, 5.74) is 0. The Hall–Kier alpha value is -2.07. The third-order valence-electron chi connectivity index (χ3n) is 4.45. The van der Waals surface area contributed by atoms with E-state index in [-0.39, 0.29) is 12.5 Å². The zero-order chi connectivity index (χ0) is 16.9. The average molecular weight is 326 g/mol. The minimum absolute atomic E-state index is 0.0760. The summed E-state index contributed by atoms with van der Waals surface area (Å²) in [6.07, 6.45) is 0. The van der Waals surface area contributed by atoms with Gasteiger partial charge in [0.2, 0.25) is 0 Å². The summed E-state index contributed by atoms with van der Waals surface area (Å²) < 4.78 is 5.82. The van der Waals surface area contributed by atoms with E-state index >= 15 is 0 Å². The minimum Gasteiger partial charge on any atom is -0.483 e. The van der Waals surface area contributed by atoms with Crippen molar-refractivity contribution in [3.8, 4) is 5.75 Å². The van der Waals surface area contributed by atoms with Gasteiger partial charge in [-0.3, -0.25) is 9.69 Å². The minimum atomic E-state index is 0.0760. The molecule has 0 bridgehead atoms. The lowest BCUT2D eigenvalue weighted by molar-refractivity contribution is -0.135. The fourth-order valence-electron chi connectivity index (χ4n) is 3.25. The highest BCUT2D eigenvalue weighted by molar-refractivity contribution is 5.88. The van der Waals surface area contributed by atoms with Gasteiger partial charge in [-0.15, -0.1) is 0 Å². The lowest BCUT2D eigenvalue weighted by Gasteiger charge is -2.35. The van der Waals surface area contributed by atoms with Crippen LogP contribution in [0.3, 0.4) is 0 Å². The van der Waals surface area contributed by atoms with Gasteiger partial charge in [-0.25, -0.2) is 0 Å². The van der Waals surface area contributed by atoms with E-state index in [4.69, 9.17) is 4.74 Å². The lowest BCUT2D eigenvalue weighted by atomic mass is 10.1. The van der Waals surface area contributed by atoms with Crippen LogP contribution < -0.4 is 4.74 Å². The van der Waals surface area contributed by atoms with E-state index in [0.717, 1.165) is 49.2 Å². The Kier molecular flexibility index (Phi) is 5.36. The van der Waals surface area contributed by atoms with Crippen LogP contribution in [0.1, 0.15) is 13.8 Å². The zero-order valence-electron chi connectivity index (χ0n) is 14.6. The summed E-state index contributed by atoms with van der Waals surface area (Å²) in [4.78, 5) is 16.8. The first-order valence-electron chi connectivity index (χ1n) is 8.74. The molecule has 1 aliphatic heterocycles. The fourth-order valence-corrected chi connectivity index (χ4v) is 3.25. The van der Waals surface area contributed by atoms with Crippen LogP contribution in [0.15, 0.2) is 42.5 Å². The number of amides is 1. The Labute approximate surface area is 144 Å². The number of fused-ring (bicyclic) bond motifs is 1. The van der Waals surface area contributed by atoms with E-state index in [2.05, 4.69) is 30.9 Å². The van der Waals surface area contributed by atoms with Crippen molar-refractivity contribution in [3.63, 3.8) is 0 Å². The van der Waals surface area contributed by atoms with E-state index in [1.165, 1.54) is 0 Å². The molecule has 24 heavy (non-hydrogen) atoms. The Balaban J connectivity index is 1.54. The van der Waals surface area contributed by atoms with Crippen molar-refractivity contribution < 1.29 is 9.53 Å². The smallest absolute Gasteiger partial charge is 0.260 e. The van der Waals surface area contributed by atoms with Crippen LogP contribution in [0, 0.1) is 5.92 Å². The molecule has 1 amide bonds. The molecule has 0 radical (unpaired) electrons. The first kappa shape index (κ1) is 16.8. The molecule has 0 atom stereocenters. The molecule has 3 rings (SSSR count). The summed E-state index contributed by atoms with van der Waals surface area (Å²) in [5, 5.41) is 2.18. The highest BCUT2D eigenvalue weighted by Gasteiger charge is 2.21. The van der Waals surface area contributed by atoms with Crippen LogP contribution in [0.4, 0.5) is 0 Å². The third kappa shape index (κ3) is 4.06. The van der Waals surface area contributed by atoms with Gasteiger partial charge < -0.3 is 9.64 Å². The first-order valence-corrected chi connectivity index (χ1v) is 8.74. The lowest BCUT2D eigenvalue weighted by Crippen LogP contribution is -2.50. The molecule has 1 saturated heterocycles. The van der Waals surface area contributed by atoms with Gasteiger partial charge in [0, 0.05) is 38.1 Å². The molecule has 128 valence electrons. The molecule has 4 heteroatoms. The average Bonchev–Trinajstić information content (AvgIpc) is 2.59. The number of rotatable bonds is 5. The van der Waals surface area contributed by atoms with Crippen LogP contribution in [0.25, 0.3) is 10.8 Å². The molecule has 2 aromatic carbocycles. The highest BCUT2D eigenvalue weighted by atomic mass is 16.5. The summed E-state index contributed by atoms with van der Waals surface area (Å²) in [6.45, 7) is 9.18. The number of hydrogen-bond donors (Lipinski definition) is 0. The number of benzene rings is 2. The number of carbonyl (C=O) groups is 1. The maximum Gasteiger partial charge on any atom is 0.260 e. The molecular weight excluding hydrogens is 300 g/mol. The standard InChI is InChI=1S/C20H26N2O2/c1-16(2)14-21-10-12-22(13-11-21)20(23)15-24-19-9-5-7-17-6-3-4-8-18(17)19/h3-9,16H,10-15H2,1-2H3. The number of nitrogens with zero attached hydrogens (tertiary/aromatic N) is 2. The van der Waals surface area contributed by atoms with E-state index < -0.39 is 0 Å². The highest BCUT2D eigenvalue weighted by Crippen LogP contribution is 2.25. The molecule has 1 heterocycles. The Morgan fingerprint density at radius 3 is 2.50 bits per heavy atom. The largest absolute Gasteiger partial charge is 0.483 e. The van der Waals surface area contributed by atoms with Gasteiger partial charge >= 0.3 is 0 Å². The van der Waals surface area contributed by atoms with Gasteiger partial charge in [-0.1, -0.05) is 50.2 Å². The Morgan fingerprint density at radius 2 is 1.75 bits per heavy atom. The van der Waals surface area contributed by atoms with Gasteiger partial charge in [0.15, 0.2) is 6.61 Å². The number of piperazine rings is 1. The maximum atomic E-state index is 12.4. The summed E-state index contributed by atoms with van der Waals surface area (Å²) in [5.74, 6) is 1.52. The molecule has 1 fully saturated rings. The van der Waals surface area contributed by atoms with Crippen LogP contribution in [0.2, 0.25) is 0 Å². The van der Waals surface area contributed by atoms with E-state index in [0.29, 0.717) is 5.92 Å². The van der Waals surface area contributed by atoms with Crippen molar-refractivity contribution in [2.45, 2.75) is 13.8 Å². The van der Waals surface area contributed by atoms with Gasteiger partial charge in [-0.05, 0) is 17.4 Å². The SMILES string of the molecule is CC(C)CN1CCN(C(=O)COc2cccc3ccccc23)CC1. The van der Waals surface area contributed by atoms with Crippen LogP contribution in [0.5, 0.6) is 5.75 Å². The fraction of sp³-hybridized carbons (Fsp3) is 0.450. The van der Waals surface area contributed by atoms with E-state index in [1.54, 1.807) is 0 Å². The zero-order valence-corrected chi connectivity index (χ0v) is 14.6. The van der Waals surface area contributed by atoms with Crippen LogP contribution in [-0.4, -0.2) is 55.0 Å². The van der Waals surface area contributed by atoms with Crippen molar-refractivity contribution in [1.82, 2.24) is 9.80 Å². The van der Waals surface area contributed by atoms with Crippen LogP contribution in [-0.2, 0) is 4.79 Å². The van der Waals surface area contributed by atoms with E-state index in [9.17, 15) is 4.79 Å². The maximum absolute atomic E-state index is 12.4. The van der Waals surface area contributed by atoms with E-state index in [1.807, 2.05) is 35.2 Å². The first-order chi connectivity index (χ1) is 11.6. The molecule has 0 unspecified atom stereocenters. The second kappa shape index (κ2) is 7.67. The molecule has 0 spiro atoms. The monoisotopic (exact) mass is 326 g/mol. The molecule has 1 aliphatic rings. The predicted octanol–water partition coefficient (Wildman–Crippen LogP) is 3.02. The Bertz CT molecular complexity index is 686. The number of hydrogen-bond acceptors (Lipinski definition) is 3. The summed E-state index contributed by atoms with van der Waals surface area (Å²) in [7, 11) is 0. The second-order valence-corrected chi connectivity index (χ2v) is 6.84. The molecule has 0 saturated carbocycles. The molecule has 0 aromatic heterocycles.